The van der Waals surface area contributed by atoms with Gasteiger partial charge in [0.05, 0.1) is 10.7 Å². The zero-order valence-corrected chi connectivity index (χ0v) is 10.7. The second-order valence-corrected chi connectivity index (χ2v) is 4.44. The van der Waals surface area contributed by atoms with Crippen molar-refractivity contribution in [3.63, 3.8) is 0 Å². The molecule has 18 heavy (non-hydrogen) atoms. The topological polar surface area (TPSA) is 66.6 Å². The van der Waals surface area contributed by atoms with Crippen LogP contribution in [0, 0.1) is 0 Å². The molecule has 96 valence electrons. The van der Waals surface area contributed by atoms with E-state index in [2.05, 4.69) is 17.2 Å². The number of nitrogens with one attached hydrogen (secondary N) is 1. The van der Waals surface area contributed by atoms with E-state index in [1.807, 2.05) is 0 Å². The van der Waals surface area contributed by atoms with Gasteiger partial charge in [0.1, 0.15) is 0 Å². The van der Waals surface area contributed by atoms with Crippen molar-refractivity contribution in [2.75, 3.05) is 6.54 Å². The Morgan fingerprint density at radius 2 is 2.28 bits per heavy atom. The van der Waals surface area contributed by atoms with E-state index in [-0.39, 0.29) is 17.0 Å². The Morgan fingerprint density at radius 3 is 3.00 bits per heavy atom. The molecule has 0 saturated heterocycles. The van der Waals surface area contributed by atoms with Crippen LogP contribution in [0.4, 0.5) is 0 Å². The maximum absolute atomic E-state index is 11.9. The molecular formula is C12H14ClN3O2. The minimum atomic E-state index is -0.258. The first-order chi connectivity index (χ1) is 8.61. The van der Waals surface area contributed by atoms with Crippen molar-refractivity contribution < 1.29 is 5.11 Å². The molecule has 2 heterocycles. The molecule has 2 rings (SSSR count). The van der Waals surface area contributed by atoms with E-state index < -0.39 is 0 Å². The van der Waals surface area contributed by atoms with Gasteiger partial charge in [-0.25, -0.2) is 4.98 Å². The Labute approximate surface area is 109 Å². The fourth-order valence-electron chi connectivity index (χ4n) is 1.68. The summed E-state index contributed by atoms with van der Waals surface area (Å²) < 4.78 is 1.24. The molecule has 5 nitrogen and oxygen atoms in total. The maximum atomic E-state index is 11.9. The van der Waals surface area contributed by atoms with Crippen LogP contribution >= 0.6 is 11.6 Å². The van der Waals surface area contributed by atoms with E-state index >= 15 is 0 Å². The molecule has 0 bridgehead atoms. The average molecular weight is 268 g/mol. The average Bonchev–Trinajstić information content (AvgIpc) is 2.31. The number of fused-ring (bicyclic) bond motifs is 1. The number of aromatic nitrogens is 2. The molecule has 0 fully saturated rings. The van der Waals surface area contributed by atoms with Gasteiger partial charge in [-0.3, -0.25) is 9.20 Å². The summed E-state index contributed by atoms with van der Waals surface area (Å²) in [5.74, 6) is -0.100. The van der Waals surface area contributed by atoms with E-state index in [0.717, 1.165) is 13.0 Å². The third-order valence-electron chi connectivity index (χ3n) is 2.49. The van der Waals surface area contributed by atoms with Gasteiger partial charge in [0, 0.05) is 24.9 Å². The third kappa shape index (κ3) is 2.63. The largest absolute Gasteiger partial charge is 0.504 e. The Kier molecular flexibility index (Phi) is 3.84. The van der Waals surface area contributed by atoms with Crippen molar-refractivity contribution in [3.05, 3.63) is 39.4 Å². The molecule has 0 amide bonds. The molecule has 0 spiro atoms. The Morgan fingerprint density at radius 1 is 1.50 bits per heavy atom. The van der Waals surface area contributed by atoms with Crippen LogP contribution < -0.4 is 10.9 Å². The highest BCUT2D eigenvalue weighted by atomic mass is 35.5. The number of aromatic hydroxyl groups is 1. The van der Waals surface area contributed by atoms with Gasteiger partial charge in [0.2, 0.25) is 0 Å². The summed E-state index contributed by atoms with van der Waals surface area (Å²) in [7, 11) is 0. The van der Waals surface area contributed by atoms with E-state index in [4.69, 9.17) is 11.6 Å². The molecule has 0 aliphatic heterocycles. The molecule has 0 atom stereocenters. The van der Waals surface area contributed by atoms with Crippen molar-refractivity contribution >= 4 is 17.2 Å². The molecule has 6 heteroatoms. The summed E-state index contributed by atoms with van der Waals surface area (Å²) in [5, 5.41) is 13.2. The van der Waals surface area contributed by atoms with Crippen molar-refractivity contribution in [3.8, 4) is 5.75 Å². The van der Waals surface area contributed by atoms with Gasteiger partial charge in [-0.2, -0.15) is 0 Å². The number of halogens is 1. The molecule has 2 aromatic heterocycles. The predicted octanol–water partition coefficient (Wildman–Crippen LogP) is 1.55. The van der Waals surface area contributed by atoms with Crippen LogP contribution in [0.3, 0.4) is 0 Å². The van der Waals surface area contributed by atoms with Crippen molar-refractivity contribution in [1.29, 1.82) is 0 Å². The van der Waals surface area contributed by atoms with E-state index in [1.165, 1.54) is 22.7 Å². The molecule has 0 saturated carbocycles. The smallest absolute Gasteiger partial charge is 0.258 e. The van der Waals surface area contributed by atoms with Gasteiger partial charge in [-0.05, 0) is 13.0 Å². The van der Waals surface area contributed by atoms with Crippen molar-refractivity contribution in [2.45, 2.75) is 19.9 Å². The molecule has 0 radical (unpaired) electrons. The maximum Gasteiger partial charge on any atom is 0.258 e. The number of hydrogen-bond acceptors (Lipinski definition) is 4. The fraction of sp³-hybridized carbons (Fsp3) is 0.333. The van der Waals surface area contributed by atoms with Crippen molar-refractivity contribution in [2.24, 2.45) is 0 Å². The first kappa shape index (κ1) is 12.9. The van der Waals surface area contributed by atoms with Crippen LogP contribution in [0.15, 0.2) is 23.1 Å². The van der Waals surface area contributed by atoms with E-state index in [0.29, 0.717) is 17.3 Å². The first-order valence-electron chi connectivity index (χ1n) is 5.73. The summed E-state index contributed by atoms with van der Waals surface area (Å²) in [6.45, 7) is 3.42. The third-order valence-corrected chi connectivity index (χ3v) is 2.70. The van der Waals surface area contributed by atoms with Gasteiger partial charge in [0.25, 0.3) is 5.56 Å². The number of nitrogens with zero attached hydrogens (tertiary/aromatic N) is 2. The van der Waals surface area contributed by atoms with Crippen LogP contribution in [-0.4, -0.2) is 21.0 Å². The van der Waals surface area contributed by atoms with Gasteiger partial charge >= 0.3 is 0 Å². The number of rotatable bonds is 4. The second-order valence-electron chi connectivity index (χ2n) is 4.00. The monoisotopic (exact) mass is 267 g/mol. The van der Waals surface area contributed by atoms with E-state index in [1.54, 1.807) is 0 Å². The number of hydrogen-bond donors (Lipinski definition) is 2. The summed E-state index contributed by atoms with van der Waals surface area (Å²) in [6, 6.07) is 2.80. The molecule has 0 aliphatic carbocycles. The van der Waals surface area contributed by atoms with Crippen molar-refractivity contribution in [1.82, 2.24) is 14.7 Å². The lowest BCUT2D eigenvalue weighted by molar-refractivity contribution is 0.476. The van der Waals surface area contributed by atoms with Gasteiger partial charge < -0.3 is 10.4 Å². The highest BCUT2D eigenvalue weighted by Gasteiger charge is 2.07. The highest BCUT2D eigenvalue weighted by molar-refractivity contribution is 6.30. The highest BCUT2D eigenvalue weighted by Crippen LogP contribution is 2.20. The standard InChI is InChI=1S/C12H14ClN3O2/c1-2-3-14-6-9-5-11(18)16-7-8(13)4-10(17)12(16)15-9/h4-5,7,14,17H,2-3,6H2,1H3. The van der Waals surface area contributed by atoms with Crippen LogP contribution in [0.2, 0.25) is 5.02 Å². The van der Waals surface area contributed by atoms with Crippen LogP contribution in [0.1, 0.15) is 19.0 Å². The lowest BCUT2D eigenvalue weighted by Crippen LogP contribution is -2.20. The molecular weight excluding hydrogens is 254 g/mol. The molecule has 0 aromatic carbocycles. The fourth-order valence-corrected chi connectivity index (χ4v) is 1.88. The zero-order valence-electron chi connectivity index (χ0n) is 9.98. The minimum absolute atomic E-state index is 0.100. The summed E-state index contributed by atoms with van der Waals surface area (Å²) in [5.41, 5.74) is 0.567. The normalized spacial score (nSPS) is 11.0. The zero-order chi connectivity index (χ0) is 13.1. The quantitative estimate of drug-likeness (QED) is 0.825. The predicted molar refractivity (Wildman–Crippen MR) is 70.1 cm³/mol. The summed E-state index contributed by atoms with van der Waals surface area (Å²) in [4.78, 5) is 16.1. The van der Waals surface area contributed by atoms with Gasteiger partial charge in [-0.1, -0.05) is 18.5 Å². The van der Waals surface area contributed by atoms with E-state index in [9.17, 15) is 9.90 Å². The second kappa shape index (κ2) is 5.37. The van der Waals surface area contributed by atoms with Crippen LogP contribution in [0.25, 0.3) is 5.65 Å². The molecule has 0 unspecified atom stereocenters. The number of pyridine rings is 1. The van der Waals surface area contributed by atoms with Crippen LogP contribution in [-0.2, 0) is 6.54 Å². The first-order valence-corrected chi connectivity index (χ1v) is 6.11. The van der Waals surface area contributed by atoms with Gasteiger partial charge in [0.15, 0.2) is 11.4 Å². The Hall–Kier alpha value is -1.59. The summed E-state index contributed by atoms with van der Waals surface area (Å²) in [6.07, 6.45) is 2.45. The summed E-state index contributed by atoms with van der Waals surface area (Å²) >= 11 is 5.78. The van der Waals surface area contributed by atoms with Crippen LogP contribution in [0.5, 0.6) is 5.75 Å². The molecule has 0 aliphatic rings. The lowest BCUT2D eigenvalue weighted by atomic mass is 10.3. The Balaban J connectivity index is 2.45. The molecule has 2 aromatic rings. The lowest BCUT2D eigenvalue weighted by Gasteiger charge is -2.06. The minimum Gasteiger partial charge on any atom is -0.504 e. The Bertz CT molecular complexity index is 624. The SMILES string of the molecule is CCCNCc1cc(=O)n2cc(Cl)cc(O)c2n1. The molecule has 2 N–H and O–H groups in total. The van der Waals surface area contributed by atoms with Gasteiger partial charge in [-0.15, -0.1) is 0 Å².